The Kier molecular flexibility index (Phi) is 5.45. The largest absolute Gasteiger partial charge is 0.497 e. The third-order valence-corrected chi connectivity index (χ3v) is 2.55. The lowest BCUT2D eigenvalue weighted by molar-refractivity contribution is 0.0933. The molecule has 0 heterocycles. The minimum Gasteiger partial charge on any atom is -0.497 e. The lowest BCUT2D eigenvalue weighted by Crippen LogP contribution is -2.33. The number of aliphatic hydroxyl groups is 1. The van der Waals surface area contributed by atoms with Crippen LogP contribution in [0.15, 0.2) is 18.2 Å². The predicted molar refractivity (Wildman–Crippen MR) is 68.2 cm³/mol. The molecule has 0 aliphatic carbocycles. The van der Waals surface area contributed by atoms with Crippen LogP contribution in [0.3, 0.4) is 0 Å². The van der Waals surface area contributed by atoms with Crippen molar-refractivity contribution in [3.05, 3.63) is 23.8 Å². The van der Waals surface area contributed by atoms with Crippen LogP contribution < -0.4 is 14.8 Å². The highest BCUT2D eigenvalue weighted by molar-refractivity contribution is 5.95. The average Bonchev–Trinajstić information content (AvgIpc) is 2.38. The molecule has 0 saturated heterocycles. The molecule has 18 heavy (non-hydrogen) atoms. The zero-order chi connectivity index (χ0) is 13.5. The van der Waals surface area contributed by atoms with E-state index in [1.54, 1.807) is 18.2 Å². The van der Waals surface area contributed by atoms with Crippen LogP contribution in [0.5, 0.6) is 11.5 Å². The maximum Gasteiger partial charge on any atom is 0.251 e. The fourth-order valence-corrected chi connectivity index (χ4v) is 1.51. The van der Waals surface area contributed by atoms with Gasteiger partial charge in [0.05, 0.1) is 14.2 Å². The molecule has 0 aromatic heterocycles. The van der Waals surface area contributed by atoms with Crippen molar-refractivity contribution in [2.75, 3.05) is 20.8 Å². The molecule has 5 nitrogen and oxygen atoms in total. The monoisotopic (exact) mass is 253 g/mol. The molecular weight excluding hydrogens is 234 g/mol. The van der Waals surface area contributed by atoms with Gasteiger partial charge in [0.1, 0.15) is 11.5 Å². The molecule has 0 spiro atoms. The first kappa shape index (κ1) is 14.3. The van der Waals surface area contributed by atoms with E-state index in [0.717, 1.165) is 0 Å². The number of benzene rings is 1. The highest BCUT2D eigenvalue weighted by Crippen LogP contribution is 2.22. The zero-order valence-corrected chi connectivity index (χ0v) is 10.9. The van der Waals surface area contributed by atoms with Gasteiger partial charge in [0.15, 0.2) is 0 Å². The Morgan fingerprint density at radius 1 is 1.28 bits per heavy atom. The predicted octanol–water partition coefficient (Wildman–Crippen LogP) is 1.20. The second-order valence-electron chi connectivity index (χ2n) is 3.99. The first-order valence-corrected chi connectivity index (χ1v) is 5.75. The average molecular weight is 253 g/mol. The highest BCUT2D eigenvalue weighted by Gasteiger charge is 2.12. The van der Waals surface area contributed by atoms with Gasteiger partial charge in [0.25, 0.3) is 5.91 Å². The van der Waals surface area contributed by atoms with Gasteiger partial charge in [-0.3, -0.25) is 4.79 Å². The summed E-state index contributed by atoms with van der Waals surface area (Å²) in [6, 6.07) is 4.90. The molecule has 0 aliphatic rings. The summed E-state index contributed by atoms with van der Waals surface area (Å²) in [7, 11) is 3.07. The lowest BCUT2D eigenvalue weighted by Gasteiger charge is -2.13. The third kappa shape index (κ3) is 3.92. The van der Waals surface area contributed by atoms with Crippen LogP contribution in [0.25, 0.3) is 0 Å². The first-order valence-electron chi connectivity index (χ1n) is 5.75. The molecule has 100 valence electrons. The van der Waals surface area contributed by atoms with E-state index in [1.807, 2.05) is 6.92 Å². The van der Waals surface area contributed by atoms with Crippen molar-refractivity contribution in [2.24, 2.45) is 0 Å². The van der Waals surface area contributed by atoms with Gasteiger partial charge < -0.3 is 19.9 Å². The van der Waals surface area contributed by atoms with Gasteiger partial charge >= 0.3 is 0 Å². The van der Waals surface area contributed by atoms with E-state index in [0.29, 0.717) is 23.5 Å². The van der Waals surface area contributed by atoms with Crippen molar-refractivity contribution in [3.63, 3.8) is 0 Å². The highest BCUT2D eigenvalue weighted by atomic mass is 16.5. The summed E-state index contributed by atoms with van der Waals surface area (Å²) in [5.41, 5.74) is 0.469. The van der Waals surface area contributed by atoms with Crippen molar-refractivity contribution in [1.82, 2.24) is 5.32 Å². The van der Waals surface area contributed by atoms with Crippen LogP contribution in [0.4, 0.5) is 0 Å². The number of ether oxygens (including phenoxy) is 2. The SMILES string of the molecule is COc1cc(OC)cc(C(=O)NC(C)CCO)c1. The number of carbonyl (C=O) groups excluding carboxylic acids is 1. The Labute approximate surface area is 107 Å². The molecular formula is C13H19NO4. The number of rotatable bonds is 6. The third-order valence-electron chi connectivity index (χ3n) is 2.55. The molecule has 2 N–H and O–H groups in total. The Hall–Kier alpha value is -1.75. The summed E-state index contributed by atoms with van der Waals surface area (Å²) in [6.45, 7) is 1.88. The quantitative estimate of drug-likeness (QED) is 0.799. The Balaban J connectivity index is 2.84. The summed E-state index contributed by atoms with van der Waals surface area (Å²) >= 11 is 0. The smallest absolute Gasteiger partial charge is 0.251 e. The number of hydrogen-bond donors (Lipinski definition) is 2. The number of aliphatic hydroxyl groups excluding tert-OH is 1. The maximum atomic E-state index is 12.0. The van der Waals surface area contributed by atoms with Gasteiger partial charge in [-0.25, -0.2) is 0 Å². The molecule has 1 atom stereocenters. The van der Waals surface area contributed by atoms with E-state index < -0.39 is 0 Å². The summed E-state index contributed by atoms with van der Waals surface area (Å²) < 4.78 is 10.2. The van der Waals surface area contributed by atoms with E-state index >= 15 is 0 Å². The van der Waals surface area contributed by atoms with Crippen molar-refractivity contribution in [3.8, 4) is 11.5 Å². The fourth-order valence-electron chi connectivity index (χ4n) is 1.51. The summed E-state index contributed by atoms with van der Waals surface area (Å²) in [4.78, 5) is 12.0. The fraction of sp³-hybridized carbons (Fsp3) is 0.462. The van der Waals surface area contributed by atoms with Crippen molar-refractivity contribution in [1.29, 1.82) is 0 Å². The summed E-state index contributed by atoms with van der Waals surface area (Å²) in [5, 5.41) is 11.6. The second-order valence-corrected chi connectivity index (χ2v) is 3.99. The second kappa shape index (κ2) is 6.86. The van der Waals surface area contributed by atoms with Crippen LogP contribution in [0.2, 0.25) is 0 Å². The van der Waals surface area contributed by atoms with Crippen molar-refractivity contribution < 1.29 is 19.4 Å². The van der Waals surface area contributed by atoms with E-state index in [9.17, 15) is 4.79 Å². The molecule has 1 rings (SSSR count). The maximum absolute atomic E-state index is 12.0. The Bertz CT molecular complexity index is 384. The number of methoxy groups -OCH3 is 2. The first-order chi connectivity index (χ1) is 8.60. The van der Waals surface area contributed by atoms with Crippen LogP contribution in [-0.4, -0.2) is 37.9 Å². The molecule has 0 fully saturated rings. The molecule has 1 aromatic carbocycles. The van der Waals surface area contributed by atoms with E-state index in [2.05, 4.69) is 5.32 Å². The van der Waals surface area contributed by atoms with Crippen LogP contribution in [-0.2, 0) is 0 Å². The molecule has 1 aromatic rings. The molecule has 1 amide bonds. The minimum absolute atomic E-state index is 0.0445. The van der Waals surface area contributed by atoms with E-state index in [-0.39, 0.29) is 18.6 Å². The Morgan fingerprint density at radius 3 is 2.28 bits per heavy atom. The standard InChI is InChI=1S/C13H19NO4/c1-9(4-5-15)14-13(16)10-6-11(17-2)8-12(7-10)18-3/h6-9,15H,4-5H2,1-3H3,(H,14,16). The zero-order valence-electron chi connectivity index (χ0n) is 10.9. The van der Waals surface area contributed by atoms with Crippen LogP contribution in [0.1, 0.15) is 23.7 Å². The number of amides is 1. The number of carbonyl (C=O) groups is 1. The molecule has 0 aliphatic heterocycles. The molecule has 0 radical (unpaired) electrons. The van der Waals surface area contributed by atoms with Gasteiger partial charge in [0, 0.05) is 24.3 Å². The van der Waals surface area contributed by atoms with Crippen LogP contribution >= 0.6 is 0 Å². The molecule has 1 unspecified atom stereocenters. The number of hydrogen-bond acceptors (Lipinski definition) is 4. The topological polar surface area (TPSA) is 67.8 Å². The Morgan fingerprint density at radius 2 is 1.83 bits per heavy atom. The molecule has 0 bridgehead atoms. The molecule has 0 saturated carbocycles. The van der Waals surface area contributed by atoms with Gasteiger partial charge in [-0.1, -0.05) is 0 Å². The van der Waals surface area contributed by atoms with Gasteiger partial charge in [-0.05, 0) is 25.5 Å². The summed E-state index contributed by atoms with van der Waals surface area (Å²) in [5.74, 6) is 0.914. The number of nitrogens with one attached hydrogen (secondary N) is 1. The lowest BCUT2D eigenvalue weighted by atomic mass is 10.1. The minimum atomic E-state index is -0.215. The van der Waals surface area contributed by atoms with Crippen molar-refractivity contribution >= 4 is 5.91 Å². The molecule has 5 heteroatoms. The normalized spacial score (nSPS) is 11.8. The van der Waals surface area contributed by atoms with E-state index in [4.69, 9.17) is 14.6 Å². The summed E-state index contributed by atoms with van der Waals surface area (Å²) in [6.07, 6.45) is 0.521. The van der Waals surface area contributed by atoms with E-state index in [1.165, 1.54) is 14.2 Å². The van der Waals surface area contributed by atoms with Gasteiger partial charge in [-0.2, -0.15) is 0 Å². The van der Waals surface area contributed by atoms with Gasteiger partial charge in [0.2, 0.25) is 0 Å². The van der Waals surface area contributed by atoms with Crippen molar-refractivity contribution in [2.45, 2.75) is 19.4 Å². The van der Waals surface area contributed by atoms with Gasteiger partial charge in [-0.15, -0.1) is 0 Å². The van der Waals surface area contributed by atoms with Crippen LogP contribution in [0, 0.1) is 0 Å².